The molecular weight excluding hydrogens is 176 g/mol. The highest BCUT2D eigenvalue weighted by atomic mass is 17.0. The van der Waals surface area contributed by atoms with Gasteiger partial charge < -0.3 is 9.47 Å². The topological polar surface area (TPSA) is 25.1 Å². The smallest absolute Gasteiger partial charge is 0.229 e. The maximum absolute atomic E-state index is 5.65. The van der Waals surface area contributed by atoms with Gasteiger partial charge in [0.25, 0.3) is 0 Å². The van der Waals surface area contributed by atoms with Gasteiger partial charge in [-0.1, -0.05) is 18.6 Å². The fourth-order valence-corrected chi connectivity index (χ4v) is 2.56. The van der Waals surface area contributed by atoms with Gasteiger partial charge in [-0.15, -0.1) is 0 Å². The van der Waals surface area contributed by atoms with E-state index in [1.807, 2.05) is 0 Å². The molecular formula is C12H18O2. The van der Waals surface area contributed by atoms with Gasteiger partial charge in [0.05, 0.1) is 0 Å². The van der Waals surface area contributed by atoms with Crippen molar-refractivity contribution in [2.45, 2.75) is 62.9 Å². The van der Waals surface area contributed by atoms with Gasteiger partial charge >= 0.3 is 0 Å². The fourth-order valence-electron chi connectivity index (χ4n) is 2.56. The first-order valence-electron chi connectivity index (χ1n) is 5.92. The minimum absolute atomic E-state index is 0.0874. The zero-order valence-electron chi connectivity index (χ0n) is 8.63. The van der Waals surface area contributed by atoms with Gasteiger partial charge in [-0.05, 0) is 32.1 Å². The van der Waals surface area contributed by atoms with Crippen LogP contribution < -0.4 is 0 Å². The van der Waals surface area contributed by atoms with Gasteiger partial charge in [-0.25, -0.2) is 0 Å². The molecule has 0 bridgehead atoms. The summed E-state index contributed by atoms with van der Waals surface area (Å²) in [4.78, 5) is 0. The summed E-state index contributed by atoms with van der Waals surface area (Å²) in [6.07, 6.45) is 14.4. The van der Waals surface area contributed by atoms with Crippen LogP contribution in [-0.2, 0) is 9.47 Å². The van der Waals surface area contributed by atoms with Gasteiger partial charge in [0, 0.05) is 12.8 Å². The van der Waals surface area contributed by atoms with Crippen molar-refractivity contribution in [3.63, 3.8) is 0 Å². The molecule has 14 heavy (non-hydrogen) atoms. The molecule has 2 saturated heterocycles. The number of rotatable bonds is 0. The molecule has 2 fully saturated rings. The number of epoxide rings is 2. The largest absolute Gasteiger partial charge is 0.307 e. The molecule has 2 heterocycles. The van der Waals surface area contributed by atoms with Crippen LogP contribution in [0.5, 0.6) is 0 Å². The fraction of sp³-hybridized carbons (Fsp3) is 0.833. The molecule has 1 aliphatic carbocycles. The summed E-state index contributed by atoms with van der Waals surface area (Å²) in [6.45, 7) is 0. The third kappa shape index (κ3) is 1.32. The van der Waals surface area contributed by atoms with Crippen LogP contribution in [-0.4, -0.2) is 11.6 Å². The van der Waals surface area contributed by atoms with Crippen molar-refractivity contribution in [3.8, 4) is 0 Å². The van der Waals surface area contributed by atoms with E-state index in [0.29, 0.717) is 0 Å². The Morgan fingerprint density at radius 3 is 2.14 bits per heavy atom. The van der Waals surface area contributed by atoms with Crippen molar-refractivity contribution in [2.24, 2.45) is 0 Å². The van der Waals surface area contributed by atoms with E-state index >= 15 is 0 Å². The van der Waals surface area contributed by atoms with Gasteiger partial charge in [0.2, 0.25) is 11.6 Å². The van der Waals surface area contributed by atoms with Crippen molar-refractivity contribution in [2.75, 3.05) is 0 Å². The molecule has 0 aromatic rings. The zero-order valence-corrected chi connectivity index (χ0v) is 8.63. The van der Waals surface area contributed by atoms with Crippen molar-refractivity contribution in [3.05, 3.63) is 12.2 Å². The van der Waals surface area contributed by atoms with E-state index in [9.17, 15) is 0 Å². The summed E-state index contributed by atoms with van der Waals surface area (Å²) >= 11 is 0. The predicted molar refractivity (Wildman–Crippen MR) is 53.7 cm³/mol. The summed E-state index contributed by atoms with van der Waals surface area (Å²) in [5.41, 5.74) is 0. The molecule has 2 nitrogen and oxygen atoms in total. The number of hydrogen-bond donors (Lipinski definition) is 0. The Kier molecular flexibility index (Phi) is 1.96. The van der Waals surface area contributed by atoms with E-state index in [0.717, 1.165) is 12.8 Å². The maximum Gasteiger partial charge on any atom is 0.229 e. The molecule has 0 aromatic carbocycles. The van der Waals surface area contributed by atoms with E-state index in [1.54, 1.807) is 0 Å². The maximum atomic E-state index is 5.65. The highest BCUT2D eigenvalue weighted by Crippen LogP contribution is 2.72. The van der Waals surface area contributed by atoms with Crippen LogP contribution in [0.3, 0.4) is 0 Å². The number of hydrogen-bond acceptors (Lipinski definition) is 2. The van der Waals surface area contributed by atoms with E-state index in [4.69, 9.17) is 9.47 Å². The van der Waals surface area contributed by atoms with Crippen molar-refractivity contribution in [1.29, 1.82) is 0 Å². The van der Waals surface area contributed by atoms with Crippen LogP contribution in [0.25, 0.3) is 0 Å². The molecule has 78 valence electrons. The first-order valence-corrected chi connectivity index (χ1v) is 5.92. The van der Waals surface area contributed by atoms with Gasteiger partial charge in [-0.2, -0.15) is 0 Å². The molecule has 0 N–H and O–H groups in total. The minimum Gasteiger partial charge on any atom is -0.307 e. The Balaban J connectivity index is 1.57. The Bertz CT molecular complexity index is 251. The lowest BCUT2D eigenvalue weighted by molar-refractivity contribution is -0.102. The first kappa shape index (κ1) is 8.93. The molecule has 0 amide bonds. The summed E-state index contributed by atoms with van der Waals surface area (Å²) < 4.78 is 11.3. The van der Waals surface area contributed by atoms with E-state index < -0.39 is 0 Å². The summed E-state index contributed by atoms with van der Waals surface area (Å²) in [6, 6.07) is 0. The van der Waals surface area contributed by atoms with Crippen LogP contribution in [0.2, 0.25) is 0 Å². The predicted octanol–water partition coefficient (Wildman–Crippen LogP) is 3.13. The lowest BCUT2D eigenvalue weighted by Crippen LogP contribution is -1.98. The quantitative estimate of drug-likeness (QED) is 0.437. The molecule has 2 heteroatoms. The third-order valence-corrected chi connectivity index (χ3v) is 3.58. The Labute approximate surface area is 85.3 Å². The summed E-state index contributed by atoms with van der Waals surface area (Å²) in [7, 11) is 0. The first-order chi connectivity index (χ1) is 6.87. The summed E-state index contributed by atoms with van der Waals surface area (Å²) in [5, 5.41) is 0. The van der Waals surface area contributed by atoms with Crippen molar-refractivity contribution in [1.82, 2.24) is 0 Å². The second kappa shape index (κ2) is 3.07. The zero-order chi connectivity index (χ0) is 9.49. The van der Waals surface area contributed by atoms with E-state index in [-0.39, 0.29) is 11.6 Å². The normalized spacial score (nSPS) is 46.9. The van der Waals surface area contributed by atoms with E-state index in [1.165, 1.54) is 38.5 Å². The molecule has 0 unspecified atom stereocenters. The van der Waals surface area contributed by atoms with Crippen molar-refractivity contribution >= 4 is 0 Å². The van der Waals surface area contributed by atoms with Crippen LogP contribution in [0.1, 0.15) is 51.4 Å². The minimum atomic E-state index is -0.0972. The molecule has 2 aliphatic heterocycles. The van der Waals surface area contributed by atoms with Crippen LogP contribution in [0.15, 0.2) is 12.2 Å². The number of ether oxygens (including phenoxy) is 2. The second-order valence-corrected chi connectivity index (χ2v) is 4.67. The average molecular weight is 194 g/mol. The van der Waals surface area contributed by atoms with Crippen molar-refractivity contribution < 1.29 is 9.47 Å². The molecule has 0 atom stereocenters. The Morgan fingerprint density at radius 1 is 0.714 bits per heavy atom. The van der Waals surface area contributed by atoms with Gasteiger partial charge in [0.1, 0.15) is 0 Å². The van der Waals surface area contributed by atoms with Crippen LogP contribution >= 0.6 is 0 Å². The van der Waals surface area contributed by atoms with E-state index in [2.05, 4.69) is 12.2 Å². The Morgan fingerprint density at radius 2 is 1.36 bits per heavy atom. The lowest BCUT2D eigenvalue weighted by atomic mass is 10.0. The molecule has 0 saturated carbocycles. The van der Waals surface area contributed by atoms with Gasteiger partial charge in [0.15, 0.2) is 0 Å². The Hall–Kier alpha value is -0.340. The monoisotopic (exact) mass is 194 g/mol. The number of allylic oxidation sites excluding steroid dienone is 2. The summed E-state index contributed by atoms with van der Waals surface area (Å²) in [5.74, 6) is -0.185. The van der Waals surface area contributed by atoms with Gasteiger partial charge in [-0.3, -0.25) is 0 Å². The molecule has 3 aliphatic rings. The molecule has 3 rings (SSSR count). The molecule has 0 spiro atoms. The lowest BCUT2D eigenvalue weighted by Gasteiger charge is -2.00. The second-order valence-electron chi connectivity index (χ2n) is 4.67. The average Bonchev–Trinajstić information content (AvgIpc) is 2.90. The van der Waals surface area contributed by atoms with Crippen LogP contribution in [0, 0.1) is 0 Å². The highest BCUT2D eigenvalue weighted by molar-refractivity contribution is 5.17. The highest BCUT2D eigenvalue weighted by Gasteiger charge is 2.89. The standard InChI is InChI=1S/C12H18O2/c1-2-4-6-8-10-12-11(13-12,14-12)9-7-5-3-1/h1,3H,2,4-10H2. The van der Waals surface area contributed by atoms with Crippen LogP contribution in [0.4, 0.5) is 0 Å². The third-order valence-electron chi connectivity index (χ3n) is 3.58. The SMILES string of the molecule is C1=CCCCC23OC2(CCCCC1)O3. The molecule has 0 aromatic heterocycles. The molecule has 0 radical (unpaired) electrons.